The van der Waals surface area contributed by atoms with Crippen molar-refractivity contribution in [1.29, 1.82) is 0 Å². The summed E-state index contributed by atoms with van der Waals surface area (Å²) in [5.74, 6) is 2.17. The molecular formula is C21H29N5O. The molecule has 1 atom stereocenters. The van der Waals surface area contributed by atoms with Gasteiger partial charge in [0, 0.05) is 32.6 Å². The predicted molar refractivity (Wildman–Crippen MR) is 104 cm³/mol. The molecule has 0 aliphatic carbocycles. The molecule has 0 bridgehead atoms. The van der Waals surface area contributed by atoms with Crippen LogP contribution in [0.15, 0.2) is 24.3 Å². The molecule has 0 radical (unpaired) electrons. The number of benzene rings is 1. The molecule has 1 aromatic carbocycles. The molecule has 27 heavy (non-hydrogen) atoms. The van der Waals surface area contributed by atoms with Gasteiger partial charge in [0.25, 0.3) is 0 Å². The molecule has 1 saturated heterocycles. The third kappa shape index (κ3) is 3.27. The Morgan fingerprint density at radius 2 is 1.93 bits per heavy atom. The SMILES string of the molecule is Cc1ccc(C(C)(C)C(=O)N2CCCC2c2nnc3n2CCNCC3)cc1. The molecule has 1 unspecified atom stereocenters. The summed E-state index contributed by atoms with van der Waals surface area (Å²) >= 11 is 0. The van der Waals surface area contributed by atoms with E-state index in [1.165, 1.54) is 5.56 Å². The lowest BCUT2D eigenvalue weighted by Crippen LogP contribution is -2.43. The number of nitrogens with zero attached hydrogens (tertiary/aromatic N) is 4. The number of hydrogen-bond donors (Lipinski definition) is 1. The Morgan fingerprint density at radius 1 is 1.15 bits per heavy atom. The van der Waals surface area contributed by atoms with Gasteiger partial charge in [0.1, 0.15) is 5.82 Å². The normalized spacial score (nSPS) is 20.4. The van der Waals surface area contributed by atoms with Gasteiger partial charge in [-0.15, -0.1) is 10.2 Å². The van der Waals surface area contributed by atoms with Gasteiger partial charge in [-0.2, -0.15) is 0 Å². The standard InChI is InChI=1S/C21H29N5O/c1-15-6-8-16(9-7-15)21(2,3)20(27)25-13-4-5-17(25)19-24-23-18-10-11-22-12-14-26(18)19/h6-9,17,22H,4-5,10-14H2,1-3H3. The van der Waals surface area contributed by atoms with Crippen molar-refractivity contribution < 1.29 is 4.79 Å². The Bertz CT molecular complexity index is 824. The number of carbonyl (C=O) groups excluding carboxylic acids is 1. The van der Waals surface area contributed by atoms with Crippen LogP contribution in [0.2, 0.25) is 0 Å². The maximum absolute atomic E-state index is 13.6. The molecule has 0 spiro atoms. The number of fused-ring (bicyclic) bond motifs is 1. The summed E-state index contributed by atoms with van der Waals surface area (Å²) < 4.78 is 2.23. The van der Waals surface area contributed by atoms with E-state index in [4.69, 9.17) is 0 Å². The van der Waals surface area contributed by atoms with Crippen LogP contribution in [0, 0.1) is 6.92 Å². The lowest BCUT2D eigenvalue weighted by molar-refractivity contribution is -0.137. The fourth-order valence-electron chi connectivity index (χ4n) is 4.27. The van der Waals surface area contributed by atoms with Gasteiger partial charge in [-0.3, -0.25) is 4.79 Å². The third-order valence-corrected chi connectivity index (χ3v) is 6.01. The van der Waals surface area contributed by atoms with E-state index in [1.54, 1.807) is 0 Å². The smallest absolute Gasteiger partial charge is 0.233 e. The van der Waals surface area contributed by atoms with Crippen LogP contribution in [0.5, 0.6) is 0 Å². The molecule has 144 valence electrons. The summed E-state index contributed by atoms with van der Waals surface area (Å²) in [5, 5.41) is 12.3. The van der Waals surface area contributed by atoms with E-state index in [-0.39, 0.29) is 11.9 Å². The quantitative estimate of drug-likeness (QED) is 0.905. The minimum Gasteiger partial charge on any atom is -0.332 e. The van der Waals surface area contributed by atoms with Crippen LogP contribution in [0.25, 0.3) is 0 Å². The number of likely N-dealkylation sites (tertiary alicyclic amines) is 1. The van der Waals surface area contributed by atoms with E-state index in [9.17, 15) is 4.79 Å². The zero-order chi connectivity index (χ0) is 19.0. The van der Waals surface area contributed by atoms with E-state index >= 15 is 0 Å². The van der Waals surface area contributed by atoms with Crippen LogP contribution in [0.3, 0.4) is 0 Å². The van der Waals surface area contributed by atoms with Crippen molar-refractivity contribution in [2.75, 3.05) is 19.6 Å². The second-order valence-electron chi connectivity index (χ2n) is 8.27. The molecular weight excluding hydrogens is 338 g/mol. The van der Waals surface area contributed by atoms with Gasteiger partial charge in [0.05, 0.1) is 11.5 Å². The van der Waals surface area contributed by atoms with Crippen LogP contribution in [0.1, 0.15) is 55.5 Å². The number of nitrogens with one attached hydrogen (secondary N) is 1. The number of aryl methyl sites for hydroxylation is 1. The molecule has 1 fully saturated rings. The highest BCUT2D eigenvalue weighted by molar-refractivity contribution is 5.88. The second kappa shape index (κ2) is 7.08. The van der Waals surface area contributed by atoms with Gasteiger partial charge in [-0.25, -0.2) is 0 Å². The van der Waals surface area contributed by atoms with Crippen molar-refractivity contribution in [2.45, 2.75) is 58.0 Å². The average molecular weight is 367 g/mol. The van der Waals surface area contributed by atoms with Gasteiger partial charge in [0.2, 0.25) is 5.91 Å². The summed E-state index contributed by atoms with van der Waals surface area (Å²) in [5.41, 5.74) is 1.72. The first kappa shape index (κ1) is 18.2. The first-order valence-electron chi connectivity index (χ1n) is 9.99. The number of amides is 1. The van der Waals surface area contributed by atoms with E-state index in [2.05, 4.69) is 51.3 Å². The van der Waals surface area contributed by atoms with Gasteiger partial charge in [-0.1, -0.05) is 29.8 Å². The van der Waals surface area contributed by atoms with Gasteiger partial charge in [0.15, 0.2) is 5.82 Å². The zero-order valence-corrected chi connectivity index (χ0v) is 16.5. The Kier molecular flexibility index (Phi) is 4.76. The fraction of sp³-hybridized carbons (Fsp3) is 0.571. The van der Waals surface area contributed by atoms with E-state index in [1.807, 2.05) is 18.7 Å². The summed E-state index contributed by atoms with van der Waals surface area (Å²) in [6.45, 7) is 9.66. The maximum Gasteiger partial charge on any atom is 0.233 e. The van der Waals surface area contributed by atoms with Crippen LogP contribution in [-0.4, -0.2) is 45.2 Å². The van der Waals surface area contributed by atoms with E-state index < -0.39 is 5.41 Å². The molecule has 6 nitrogen and oxygen atoms in total. The first-order valence-corrected chi connectivity index (χ1v) is 9.99. The summed E-state index contributed by atoms with van der Waals surface area (Å²) in [6, 6.07) is 8.34. The van der Waals surface area contributed by atoms with E-state index in [0.717, 1.165) is 62.7 Å². The maximum atomic E-state index is 13.6. The Morgan fingerprint density at radius 3 is 2.70 bits per heavy atom. The molecule has 2 aromatic rings. The van der Waals surface area contributed by atoms with Crippen LogP contribution < -0.4 is 5.32 Å². The molecule has 1 N–H and O–H groups in total. The molecule has 3 heterocycles. The fourth-order valence-corrected chi connectivity index (χ4v) is 4.27. The summed E-state index contributed by atoms with van der Waals surface area (Å²) in [6.07, 6.45) is 2.87. The summed E-state index contributed by atoms with van der Waals surface area (Å²) in [4.78, 5) is 15.6. The molecule has 0 saturated carbocycles. The Labute approximate surface area is 161 Å². The number of rotatable bonds is 3. The van der Waals surface area contributed by atoms with Gasteiger partial charge >= 0.3 is 0 Å². The monoisotopic (exact) mass is 367 g/mol. The molecule has 2 aliphatic heterocycles. The number of carbonyl (C=O) groups is 1. The number of aromatic nitrogens is 3. The highest BCUT2D eigenvalue weighted by Crippen LogP contribution is 2.36. The van der Waals surface area contributed by atoms with Crippen molar-refractivity contribution in [1.82, 2.24) is 25.0 Å². The van der Waals surface area contributed by atoms with Crippen LogP contribution in [-0.2, 0) is 23.2 Å². The second-order valence-corrected chi connectivity index (χ2v) is 8.27. The van der Waals surface area contributed by atoms with Crippen molar-refractivity contribution in [2.24, 2.45) is 0 Å². The predicted octanol–water partition coefficient (Wildman–Crippen LogP) is 2.37. The van der Waals surface area contributed by atoms with Gasteiger partial charge < -0.3 is 14.8 Å². The first-order chi connectivity index (χ1) is 13.0. The Hall–Kier alpha value is -2.21. The molecule has 1 amide bonds. The van der Waals surface area contributed by atoms with E-state index in [0.29, 0.717) is 0 Å². The largest absolute Gasteiger partial charge is 0.332 e. The third-order valence-electron chi connectivity index (χ3n) is 6.01. The Balaban J connectivity index is 1.62. The number of hydrogen-bond acceptors (Lipinski definition) is 4. The highest BCUT2D eigenvalue weighted by atomic mass is 16.2. The highest BCUT2D eigenvalue weighted by Gasteiger charge is 2.41. The molecule has 6 heteroatoms. The zero-order valence-electron chi connectivity index (χ0n) is 16.5. The molecule has 1 aromatic heterocycles. The van der Waals surface area contributed by atoms with Crippen LogP contribution >= 0.6 is 0 Å². The van der Waals surface area contributed by atoms with Crippen molar-refractivity contribution in [3.05, 3.63) is 47.0 Å². The van der Waals surface area contributed by atoms with Crippen molar-refractivity contribution >= 4 is 5.91 Å². The lowest BCUT2D eigenvalue weighted by atomic mass is 9.82. The minimum absolute atomic E-state index is 0.0292. The topological polar surface area (TPSA) is 63.1 Å². The minimum atomic E-state index is -0.556. The van der Waals surface area contributed by atoms with Crippen molar-refractivity contribution in [3.8, 4) is 0 Å². The summed E-state index contributed by atoms with van der Waals surface area (Å²) in [7, 11) is 0. The lowest BCUT2D eigenvalue weighted by Gasteiger charge is -2.33. The van der Waals surface area contributed by atoms with Crippen LogP contribution in [0.4, 0.5) is 0 Å². The van der Waals surface area contributed by atoms with Gasteiger partial charge in [-0.05, 0) is 39.2 Å². The molecule has 2 aliphatic rings. The van der Waals surface area contributed by atoms with Crippen molar-refractivity contribution in [3.63, 3.8) is 0 Å². The average Bonchev–Trinajstić information content (AvgIpc) is 3.22. The molecule has 4 rings (SSSR count).